The summed E-state index contributed by atoms with van der Waals surface area (Å²) in [5.41, 5.74) is 1.32. The normalized spacial score (nSPS) is 11.2. The smallest absolute Gasteiger partial charge is 0.418 e. The van der Waals surface area contributed by atoms with Gasteiger partial charge >= 0.3 is 6.09 Å². The van der Waals surface area contributed by atoms with E-state index in [9.17, 15) is 9.59 Å². The zero-order chi connectivity index (χ0) is 14.8. The van der Waals surface area contributed by atoms with Gasteiger partial charge in [-0.25, -0.2) is 4.79 Å². The second-order valence-corrected chi connectivity index (χ2v) is 5.45. The van der Waals surface area contributed by atoms with E-state index in [0.717, 1.165) is 6.29 Å². The molecule has 0 spiro atoms. The minimum Gasteiger partial charge on any atom is -0.443 e. The van der Waals surface area contributed by atoms with Gasteiger partial charge in [0.2, 0.25) is 0 Å². The van der Waals surface area contributed by atoms with Crippen LogP contribution in [0.15, 0.2) is 42.6 Å². The van der Waals surface area contributed by atoms with Crippen LogP contribution in [-0.4, -0.2) is 22.5 Å². The van der Waals surface area contributed by atoms with Crippen LogP contribution in [-0.2, 0) is 4.74 Å². The molecular formula is C16H17NO3. The van der Waals surface area contributed by atoms with Crippen LogP contribution in [0, 0.1) is 0 Å². The Balaban J connectivity index is 2.43. The first kappa shape index (κ1) is 14.1. The summed E-state index contributed by atoms with van der Waals surface area (Å²) in [5, 5.41) is 0. The molecule has 0 aliphatic heterocycles. The molecule has 0 bridgehead atoms. The molecule has 4 nitrogen and oxygen atoms in total. The van der Waals surface area contributed by atoms with E-state index < -0.39 is 11.7 Å². The van der Waals surface area contributed by atoms with Gasteiger partial charge in [-0.3, -0.25) is 9.36 Å². The molecule has 0 aliphatic rings. The number of ether oxygens (including phenoxy) is 1. The lowest BCUT2D eigenvalue weighted by molar-refractivity contribution is 0.0540. The fourth-order valence-corrected chi connectivity index (χ4v) is 1.90. The molecule has 20 heavy (non-hydrogen) atoms. The highest BCUT2D eigenvalue weighted by Crippen LogP contribution is 2.24. The first-order valence-corrected chi connectivity index (χ1v) is 6.37. The Hall–Kier alpha value is -2.36. The third kappa shape index (κ3) is 2.96. The molecule has 0 saturated heterocycles. The fourth-order valence-electron chi connectivity index (χ4n) is 1.90. The van der Waals surface area contributed by atoms with Crippen LogP contribution in [0.25, 0.3) is 11.3 Å². The molecule has 0 aliphatic carbocycles. The first-order chi connectivity index (χ1) is 9.42. The summed E-state index contributed by atoms with van der Waals surface area (Å²) >= 11 is 0. The van der Waals surface area contributed by atoms with Crippen molar-refractivity contribution in [2.75, 3.05) is 0 Å². The van der Waals surface area contributed by atoms with Gasteiger partial charge in [0, 0.05) is 17.3 Å². The number of aldehydes is 1. The number of benzene rings is 1. The van der Waals surface area contributed by atoms with Gasteiger partial charge in [0.15, 0.2) is 6.29 Å². The van der Waals surface area contributed by atoms with Crippen LogP contribution < -0.4 is 0 Å². The van der Waals surface area contributed by atoms with Crippen molar-refractivity contribution in [2.45, 2.75) is 26.4 Å². The monoisotopic (exact) mass is 271 g/mol. The summed E-state index contributed by atoms with van der Waals surface area (Å²) in [7, 11) is 0. The van der Waals surface area contributed by atoms with E-state index >= 15 is 0 Å². The van der Waals surface area contributed by atoms with Crippen molar-refractivity contribution < 1.29 is 14.3 Å². The predicted molar refractivity (Wildman–Crippen MR) is 76.9 cm³/mol. The van der Waals surface area contributed by atoms with E-state index in [4.69, 9.17) is 4.74 Å². The van der Waals surface area contributed by atoms with E-state index in [1.807, 2.05) is 26.8 Å². The standard InChI is InChI=1S/C16H17NO3/c1-16(2,3)20-15(19)17-10-6-9-14(17)13-8-5-4-7-12(13)11-18/h4-11H,1-3H3. The number of hydrogen-bond donors (Lipinski definition) is 0. The number of carbonyl (C=O) groups excluding carboxylic acids is 2. The largest absolute Gasteiger partial charge is 0.443 e. The SMILES string of the molecule is CC(C)(C)OC(=O)n1cccc1-c1ccccc1C=O. The van der Waals surface area contributed by atoms with E-state index in [2.05, 4.69) is 0 Å². The summed E-state index contributed by atoms with van der Waals surface area (Å²) in [5.74, 6) is 0. The lowest BCUT2D eigenvalue weighted by Gasteiger charge is -2.20. The highest BCUT2D eigenvalue weighted by molar-refractivity contribution is 5.89. The van der Waals surface area contributed by atoms with Crippen molar-refractivity contribution >= 4 is 12.4 Å². The Kier molecular flexibility index (Phi) is 3.74. The zero-order valence-corrected chi connectivity index (χ0v) is 11.8. The number of carbonyl (C=O) groups is 2. The van der Waals surface area contributed by atoms with Crippen LogP contribution >= 0.6 is 0 Å². The van der Waals surface area contributed by atoms with Gasteiger partial charge in [-0.05, 0) is 32.9 Å². The van der Waals surface area contributed by atoms with Gasteiger partial charge in [0.05, 0.1) is 5.69 Å². The first-order valence-electron chi connectivity index (χ1n) is 6.37. The maximum Gasteiger partial charge on any atom is 0.418 e. The summed E-state index contributed by atoms with van der Waals surface area (Å²) in [6, 6.07) is 10.7. The molecule has 0 unspecified atom stereocenters. The fraction of sp³-hybridized carbons (Fsp3) is 0.250. The molecule has 2 aromatic rings. The molecule has 0 amide bonds. The summed E-state index contributed by atoms with van der Waals surface area (Å²) in [6.07, 6.45) is 1.95. The molecule has 0 fully saturated rings. The summed E-state index contributed by atoms with van der Waals surface area (Å²) in [6.45, 7) is 5.44. The van der Waals surface area contributed by atoms with Gasteiger partial charge in [-0.15, -0.1) is 0 Å². The molecule has 104 valence electrons. The number of aromatic nitrogens is 1. The third-order valence-corrected chi connectivity index (χ3v) is 2.70. The molecule has 0 radical (unpaired) electrons. The van der Waals surface area contributed by atoms with Crippen molar-refractivity contribution in [1.29, 1.82) is 0 Å². The van der Waals surface area contributed by atoms with Gasteiger partial charge in [-0.2, -0.15) is 0 Å². The summed E-state index contributed by atoms with van der Waals surface area (Å²) < 4.78 is 6.76. The van der Waals surface area contributed by atoms with Gasteiger partial charge in [-0.1, -0.05) is 24.3 Å². The van der Waals surface area contributed by atoms with Crippen LogP contribution in [0.3, 0.4) is 0 Å². The van der Waals surface area contributed by atoms with E-state index in [-0.39, 0.29) is 0 Å². The highest BCUT2D eigenvalue weighted by Gasteiger charge is 2.20. The molecule has 1 aromatic heterocycles. The van der Waals surface area contributed by atoms with Crippen LogP contribution in [0.5, 0.6) is 0 Å². The minimum atomic E-state index is -0.567. The van der Waals surface area contributed by atoms with E-state index in [1.165, 1.54) is 4.57 Å². The van der Waals surface area contributed by atoms with Gasteiger partial charge < -0.3 is 4.74 Å². The van der Waals surface area contributed by atoms with Gasteiger partial charge in [0.25, 0.3) is 0 Å². The zero-order valence-electron chi connectivity index (χ0n) is 11.8. The minimum absolute atomic E-state index is 0.460. The maximum atomic E-state index is 12.2. The quantitative estimate of drug-likeness (QED) is 0.781. The van der Waals surface area contributed by atoms with Crippen molar-refractivity contribution in [3.8, 4) is 11.3 Å². The van der Waals surface area contributed by atoms with Crippen LogP contribution in [0.1, 0.15) is 31.1 Å². The van der Waals surface area contributed by atoms with Gasteiger partial charge in [0.1, 0.15) is 5.60 Å². The Morgan fingerprint density at radius 3 is 2.50 bits per heavy atom. The number of nitrogens with zero attached hydrogens (tertiary/aromatic N) is 1. The molecule has 1 aromatic carbocycles. The Bertz CT molecular complexity index is 635. The molecule has 4 heteroatoms. The molecule has 0 saturated carbocycles. The van der Waals surface area contributed by atoms with Crippen molar-refractivity contribution in [1.82, 2.24) is 4.57 Å². The van der Waals surface area contributed by atoms with Crippen molar-refractivity contribution in [3.63, 3.8) is 0 Å². The lowest BCUT2D eigenvalue weighted by Crippen LogP contribution is -2.27. The van der Waals surface area contributed by atoms with E-state index in [0.29, 0.717) is 16.8 Å². The maximum absolute atomic E-state index is 12.2. The van der Waals surface area contributed by atoms with Crippen LogP contribution in [0.2, 0.25) is 0 Å². The van der Waals surface area contributed by atoms with E-state index in [1.54, 1.807) is 36.5 Å². The molecule has 1 heterocycles. The second-order valence-electron chi connectivity index (χ2n) is 5.45. The second kappa shape index (κ2) is 5.33. The Morgan fingerprint density at radius 2 is 1.85 bits per heavy atom. The number of rotatable bonds is 2. The molecule has 0 atom stereocenters. The molecule has 0 N–H and O–H groups in total. The lowest BCUT2D eigenvalue weighted by atomic mass is 10.1. The predicted octanol–water partition coefficient (Wildman–Crippen LogP) is 3.75. The average Bonchev–Trinajstić information content (AvgIpc) is 2.85. The Morgan fingerprint density at radius 1 is 1.15 bits per heavy atom. The topological polar surface area (TPSA) is 48.3 Å². The van der Waals surface area contributed by atoms with Crippen LogP contribution in [0.4, 0.5) is 4.79 Å². The average molecular weight is 271 g/mol. The summed E-state index contributed by atoms with van der Waals surface area (Å²) in [4.78, 5) is 23.3. The Labute approximate surface area is 118 Å². The molecular weight excluding hydrogens is 254 g/mol. The van der Waals surface area contributed by atoms with Crippen molar-refractivity contribution in [2.24, 2.45) is 0 Å². The van der Waals surface area contributed by atoms with Crippen molar-refractivity contribution in [3.05, 3.63) is 48.2 Å². The highest BCUT2D eigenvalue weighted by atomic mass is 16.6. The molecule has 2 rings (SSSR count). The third-order valence-electron chi connectivity index (χ3n) is 2.70. The number of hydrogen-bond acceptors (Lipinski definition) is 3.